The second-order valence-electron chi connectivity index (χ2n) is 1.91. The van der Waals surface area contributed by atoms with Crippen LogP contribution in [0.2, 0.25) is 5.02 Å². The highest BCUT2D eigenvalue weighted by atomic mass is 35.5. The minimum Gasteiger partial charge on any atom is -0.506 e. The minimum absolute atomic E-state index is 0.119. The zero-order valence-electron chi connectivity index (χ0n) is 5.21. The third-order valence-electron chi connectivity index (χ3n) is 1.23. The highest BCUT2D eigenvalue weighted by molar-refractivity contribution is 7.79. The van der Waals surface area contributed by atoms with E-state index in [1.165, 1.54) is 0 Å². The van der Waals surface area contributed by atoms with Gasteiger partial charge in [-0.3, -0.25) is 0 Å². The highest BCUT2D eigenvalue weighted by Crippen LogP contribution is 2.27. The fourth-order valence-corrected chi connectivity index (χ4v) is 1.24. The number of thiol groups is 1. The molecule has 0 unspecified atom stereocenters. The van der Waals surface area contributed by atoms with Crippen LogP contribution in [-0.4, -0.2) is 5.11 Å². The molecule has 0 saturated heterocycles. The lowest BCUT2D eigenvalue weighted by Gasteiger charge is -2.00. The van der Waals surface area contributed by atoms with Crippen molar-refractivity contribution in [2.45, 2.75) is 5.75 Å². The van der Waals surface area contributed by atoms with Crippen molar-refractivity contribution in [2.75, 3.05) is 0 Å². The molecule has 54 valence electrons. The van der Waals surface area contributed by atoms with Crippen LogP contribution in [0.25, 0.3) is 0 Å². The summed E-state index contributed by atoms with van der Waals surface area (Å²) in [6, 6.07) is 5.12. The molecule has 0 bridgehead atoms. The molecule has 1 nitrogen and oxygen atoms in total. The van der Waals surface area contributed by atoms with Crippen molar-refractivity contribution in [3.63, 3.8) is 0 Å². The van der Waals surface area contributed by atoms with Crippen LogP contribution in [0.4, 0.5) is 0 Å². The summed E-state index contributed by atoms with van der Waals surface area (Å²) in [6.45, 7) is 0. The van der Waals surface area contributed by atoms with Crippen molar-refractivity contribution in [1.82, 2.24) is 0 Å². The van der Waals surface area contributed by atoms with E-state index in [4.69, 9.17) is 16.7 Å². The van der Waals surface area contributed by atoms with Crippen LogP contribution < -0.4 is 0 Å². The first-order chi connectivity index (χ1) is 4.75. The third kappa shape index (κ3) is 1.39. The van der Waals surface area contributed by atoms with Crippen LogP contribution in [0.1, 0.15) is 5.56 Å². The van der Waals surface area contributed by atoms with Crippen LogP contribution >= 0.6 is 24.2 Å². The summed E-state index contributed by atoms with van der Waals surface area (Å²) in [5.41, 5.74) is 0.852. The van der Waals surface area contributed by atoms with Crippen LogP contribution in [-0.2, 0) is 5.75 Å². The van der Waals surface area contributed by atoms with E-state index >= 15 is 0 Å². The first-order valence-corrected chi connectivity index (χ1v) is 3.84. The van der Waals surface area contributed by atoms with Gasteiger partial charge in [0.1, 0.15) is 5.75 Å². The van der Waals surface area contributed by atoms with E-state index in [1.807, 2.05) is 6.07 Å². The van der Waals surface area contributed by atoms with Crippen LogP contribution in [0.15, 0.2) is 18.2 Å². The van der Waals surface area contributed by atoms with Gasteiger partial charge in [-0.1, -0.05) is 23.7 Å². The van der Waals surface area contributed by atoms with Gasteiger partial charge in [0, 0.05) is 5.75 Å². The number of halogens is 1. The Kier molecular flexibility index (Phi) is 2.46. The Morgan fingerprint density at radius 3 is 2.70 bits per heavy atom. The van der Waals surface area contributed by atoms with Gasteiger partial charge in [0.25, 0.3) is 0 Å². The lowest BCUT2D eigenvalue weighted by molar-refractivity contribution is 0.475. The average molecular weight is 175 g/mol. The van der Waals surface area contributed by atoms with Gasteiger partial charge in [-0.15, -0.1) is 0 Å². The molecule has 1 rings (SSSR count). The van der Waals surface area contributed by atoms with E-state index in [1.54, 1.807) is 12.1 Å². The summed E-state index contributed by atoms with van der Waals surface area (Å²) in [7, 11) is 0. The molecule has 1 aromatic carbocycles. The molecule has 0 fully saturated rings. The van der Waals surface area contributed by atoms with Gasteiger partial charge in [0.15, 0.2) is 0 Å². The second kappa shape index (κ2) is 3.17. The molecule has 0 atom stereocenters. The second-order valence-corrected chi connectivity index (χ2v) is 2.60. The first-order valence-electron chi connectivity index (χ1n) is 2.83. The zero-order valence-corrected chi connectivity index (χ0v) is 6.86. The number of hydrogen-bond acceptors (Lipinski definition) is 2. The number of rotatable bonds is 1. The van der Waals surface area contributed by atoms with E-state index in [-0.39, 0.29) is 5.75 Å². The Morgan fingerprint density at radius 2 is 2.20 bits per heavy atom. The molecule has 1 aromatic rings. The molecule has 10 heavy (non-hydrogen) atoms. The fraction of sp³-hybridized carbons (Fsp3) is 0.143. The van der Waals surface area contributed by atoms with E-state index < -0.39 is 0 Å². The monoisotopic (exact) mass is 174 g/mol. The number of phenols is 1. The molecular formula is C7H7ClOS. The van der Waals surface area contributed by atoms with Gasteiger partial charge in [-0.25, -0.2) is 0 Å². The SMILES string of the molecule is Oc1cccc(CS)c1Cl. The van der Waals surface area contributed by atoms with Gasteiger partial charge in [-0.2, -0.15) is 12.6 Å². The van der Waals surface area contributed by atoms with Gasteiger partial charge in [0.2, 0.25) is 0 Å². The number of aromatic hydroxyl groups is 1. The van der Waals surface area contributed by atoms with E-state index in [9.17, 15) is 0 Å². The molecule has 0 aliphatic rings. The topological polar surface area (TPSA) is 20.2 Å². The van der Waals surface area contributed by atoms with E-state index in [2.05, 4.69) is 12.6 Å². The average Bonchev–Trinajstić information content (AvgIpc) is 1.95. The molecule has 1 N–H and O–H groups in total. The predicted octanol–water partition coefficient (Wildman–Crippen LogP) is 2.48. The van der Waals surface area contributed by atoms with Crippen molar-refractivity contribution in [3.05, 3.63) is 28.8 Å². The molecule has 0 aliphatic heterocycles. The van der Waals surface area contributed by atoms with Crippen molar-refractivity contribution >= 4 is 24.2 Å². The summed E-state index contributed by atoms with van der Waals surface area (Å²) in [4.78, 5) is 0. The van der Waals surface area contributed by atoms with E-state index in [0.717, 1.165) is 5.56 Å². The quantitative estimate of drug-likeness (QED) is 0.627. The maximum absolute atomic E-state index is 9.07. The zero-order chi connectivity index (χ0) is 7.56. The van der Waals surface area contributed by atoms with Crippen molar-refractivity contribution in [2.24, 2.45) is 0 Å². The summed E-state index contributed by atoms with van der Waals surface area (Å²) in [5, 5.41) is 9.47. The van der Waals surface area contributed by atoms with Crippen molar-refractivity contribution < 1.29 is 5.11 Å². The summed E-state index contributed by atoms with van der Waals surface area (Å²) in [6.07, 6.45) is 0. The van der Waals surface area contributed by atoms with Crippen LogP contribution in [0.5, 0.6) is 5.75 Å². The Morgan fingerprint density at radius 1 is 1.50 bits per heavy atom. The summed E-state index contributed by atoms with van der Waals surface area (Å²) in [5.74, 6) is 0.668. The molecule has 0 radical (unpaired) electrons. The lowest BCUT2D eigenvalue weighted by Crippen LogP contribution is -1.78. The van der Waals surface area contributed by atoms with Gasteiger partial charge >= 0.3 is 0 Å². The first kappa shape index (κ1) is 7.76. The standard InChI is InChI=1S/C7H7ClOS/c8-7-5(4-10)2-1-3-6(7)9/h1-3,9-10H,4H2. The Bertz CT molecular complexity index is 237. The number of benzene rings is 1. The molecule has 0 aromatic heterocycles. The summed E-state index contributed by atoms with van der Waals surface area (Å²) < 4.78 is 0. The molecular weight excluding hydrogens is 168 g/mol. The maximum atomic E-state index is 9.07. The van der Waals surface area contributed by atoms with Gasteiger partial charge in [-0.05, 0) is 11.6 Å². The Balaban J connectivity index is 3.14. The molecule has 3 heteroatoms. The fourth-order valence-electron chi connectivity index (χ4n) is 0.688. The van der Waals surface area contributed by atoms with Crippen molar-refractivity contribution in [3.8, 4) is 5.75 Å². The smallest absolute Gasteiger partial charge is 0.134 e. The van der Waals surface area contributed by atoms with Gasteiger partial charge in [0.05, 0.1) is 5.02 Å². The number of hydrogen-bond donors (Lipinski definition) is 2. The summed E-state index contributed by atoms with van der Waals surface area (Å²) >= 11 is 9.73. The molecule has 0 saturated carbocycles. The molecule has 0 heterocycles. The maximum Gasteiger partial charge on any atom is 0.134 e. The van der Waals surface area contributed by atoms with Crippen LogP contribution in [0.3, 0.4) is 0 Å². The lowest BCUT2D eigenvalue weighted by atomic mass is 10.2. The van der Waals surface area contributed by atoms with Crippen LogP contribution in [0, 0.1) is 0 Å². The number of phenolic OH excluding ortho intramolecular Hbond substituents is 1. The largest absolute Gasteiger partial charge is 0.506 e. The predicted molar refractivity (Wildman–Crippen MR) is 45.8 cm³/mol. The highest BCUT2D eigenvalue weighted by Gasteiger charge is 2.01. The van der Waals surface area contributed by atoms with E-state index in [0.29, 0.717) is 10.8 Å². The normalized spacial score (nSPS) is 9.80. The third-order valence-corrected chi connectivity index (χ3v) is 2.01. The van der Waals surface area contributed by atoms with Gasteiger partial charge < -0.3 is 5.11 Å². The molecule has 0 aliphatic carbocycles. The minimum atomic E-state index is 0.119. The molecule has 0 amide bonds. The molecule has 0 spiro atoms. The Labute approximate surface area is 70.0 Å². The van der Waals surface area contributed by atoms with Crippen molar-refractivity contribution in [1.29, 1.82) is 0 Å². The Hall–Kier alpha value is -0.340.